The van der Waals surface area contributed by atoms with E-state index in [4.69, 9.17) is 11.6 Å². The first-order valence-corrected chi connectivity index (χ1v) is 5.52. The van der Waals surface area contributed by atoms with Crippen LogP contribution in [0.4, 0.5) is 0 Å². The maximum Gasteiger partial charge on any atom is 0.0993 e. The summed E-state index contributed by atoms with van der Waals surface area (Å²) < 4.78 is 0. The van der Waals surface area contributed by atoms with E-state index in [0.29, 0.717) is 10.4 Å². The van der Waals surface area contributed by atoms with Crippen LogP contribution in [-0.4, -0.2) is 10.4 Å². The summed E-state index contributed by atoms with van der Waals surface area (Å²) in [6.07, 6.45) is -0.471. The molecule has 0 aliphatic carbocycles. The molecule has 0 saturated heterocycles. The molecule has 0 radical (unpaired) electrons. The molecule has 1 unspecified atom stereocenters. The molecule has 1 N–H and O–H groups in total. The average molecular weight is 256 g/mol. The number of thiophene rings is 1. The highest BCUT2D eigenvalue weighted by Gasteiger charge is 2.13. The minimum atomic E-state index is -0.471. The second-order valence-electron chi connectivity index (χ2n) is 2.27. The molecule has 1 nitrogen and oxygen atoms in total. The Morgan fingerprint density at radius 2 is 2.45 bits per heavy atom. The molecular formula is C7H8BrClOS. The lowest BCUT2D eigenvalue weighted by Crippen LogP contribution is -1.95. The van der Waals surface area contributed by atoms with E-state index in [1.807, 2.05) is 12.3 Å². The van der Waals surface area contributed by atoms with Gasteiger partial charge in [-0.25, -0.2) is 0 Å². The smallest absolute Gasteiger partial charge is 0.0993 e. The number of aliphatic hydroxyl groups excluding tert-OH is 1. The fourth-order valence-corrected chi connectivity index (χ4v) is 2.59. The van der Waals surface area contributed by atoms with Crippen molar-refractivity contribution in [3.05, 3.63) is 20.8 Å². The van der Waals surface area contributed by atoms with Gasteiger partial charge in [0.1, 0.15) is 0 Å². The molecule has 1 rings (SSSR count). The summed E-state index contributed by atoms with van der Waals surface area (Å²) in [6.45, 7) is 1.93. The van der Waals surface area contributed by atoms with Gasteiger partial charge in [-0.2, -0.15) is 0 Å². The average Bonchev–Trinajstić information content (AvgIpc) is 2.32. The van der Waals surface area contributed by atoms with Crippen LogP contribution in [0.1, 0.15) is 16.5 Å². The lowest BCUT2D eigenvalue weighted by Gasteiger charge is -2.03. The molecule has 62 valence electrons. The first kappa shape index (κ1) is 9.52. The van der Waals surface area contributed by atoms with Gasteiger partial charge < -0.3 is 5.11 Å². The van der Waals surface area contributed by atoms with E-state index in [2.05, 4.69) is 15.9 Å². The molecule has 0 aromatic carbocycles. The van der Waals surface area contributed by atoms with Gasteiger partial charge in [0.2, 0.25) is 0 Å². The maximum atomic E-state index is 9.40. The minimum Gasteiger partial charge on any atom is -0.387 e. The summed E-state index contributed by atoms with van der Waals surface area (Å²) in [5.74, 6) is 0. The Morgan fingerprint density at radius 1 is 1.82 bits per heavy atom. The standard InChI is InChI=1S/C7H8BrClOS/c1-4-3-11-7(6(4)9)5(10)2-8/h3,5,10H,2H2,1H3. The lowest BCUT2D eigenvalue weighted by atomic mass is 10.3. The van der Waals surface area contributed by atoms with Crippen LogP contribution in [-0.2, 0) is 0 Å². The molecule has 4 heteroatoms. The molecule has 1 heterocycles. The zero-order valence-electron chi connectivity index (χ0n) is 5.97. The number of halogens is 2. The van der Waals surface area contributed by atoms with Crippen LogP contribution < -0.4 is 0 Å². The third kappa shape index (κ3) is 1.96. The van der Waals surface area contributed by atoms with Crippen molar-refractivity contribution in [2.45, 2.75) is 13.0 Å². The fraction of sp³-hybridized carbons (Fsp3) is 0.429. The Morgan fingerprint density at radius 3 is 2.82 bits per heavy atom. The Labute approximate surface area is 83.1 Å². The van der Waals surface area contributed by atoms with Crippen LogP contribution in [0.5, 0.6) is 0 Å². The van der Waals surface area contributed by atoms with Crippen LogP contribution in [0.25, 0.3) is 0 Å². The van der Waals surface area contributed by atoms with Gasteiger partial charge in [-0.05, 0) is 17.9 Å². The lowest BCUT2D eigenvalue weighted by molar-refractivity contribution is 0.209. The van der Waals surface area contributed by atoms with Gasteiger partial charge in [0, 0.05) is 5.33 Å². The highest BCUT2D eigenvalue weighted by molar-refractivity contribution is 9.09. The molecule has 1 atom stereocenters. The summed E-state index contributed by atoms with van der Waals surface area (Å²) in [5, 5.41) is 12.6. The van der Waals surface area contributed by atoms with E-state index in [9.17, 15) is 5.11 Å². The van der Waals surface area contributed by atoms with Crippen LogP contribution in [0.2, 0.25) is 5.02 Å². The van der Waals surface area contributed by atoms with Crippen molar-refractivity contribution in [2.24, 2.45) is 0 Å². The second-order valence-corrected chi connectivity index (χ2v) is 4.20. The number of hydrogen-bond acceptors (Lipinski definition) is 2. The largest absolute Gasteiger partial charge is 0.387 e. The molecule has 1 aromatic rings. The highest BCUT2D eigenvalue weighted by Crippen LogP contribution is 2.32. The van der Waals surface area contributed by atoms with Gasteiger partial charge >= 0.3 is 0 Å². The third-order valence-corrected chi connectivity index (χ3v) is 3.80. The molecule has 0 aliphatic rings. The van der Waals surface area contributed by atoms with Gasteiger partial charge in [-0.15, -0.1) is 11.3 Å². The zero-order valence-corrected chi connectivity index (χ0v) is 9.13. The predicted octanol–water partition coefficient (Wildman–Crippen LogP) is 3.14. The van der Waals surface area contributed by atoms with Crippen molar-refractivity contribution in [1.82, 2.24) is 0 Å². The Kier molecular flexibility index (Phi) is 3.37. The first-order valence-electron chi connectivity index (χ1n) is 3.14. The number of hydrogen-bond donors (Lipinski definition) is 1. The normalized spacial score (nSPS) is 13.5. The predicted molar refractivity (Wildman–Crippen MR) is 52.8 cm³/mol. The van der Waals surface area contributed by atoms with Crippen molar-refractivity contribution in [1.29, 1.82) is 0 Å². The van der Waals surface area contributed by atoms with E-state index < -0.39 is 6.10 Å². The first-order chi connectivity index (χ1) is 5.16. The van der Waals surface area contributed by atoms with Gasteiger partial charge in [0.15, 0.2) is 0 Å². The van der Waals surface area contributed by atoms with Crippen molar-refractivity contribution >= 4 is 38.9 Å². The van der Waals surface area contributed by atoms with Crippen molar-refractivity contribution in [3.8, 4) is 0 Å². The highest BCUT2D eigenvalue weighted by atomic mass is 79.9. The summed E-state index contributed by atoms with van der Waals surface area (Å²) in [4.78, 5) is 0.848. The Balaban J connectivity index is 2.94. The molecular weight excluding hydrogens is 247 g/mol. The molecule has 0 bridgehead atoms. The van der Waals surface area contributed by atoms with Crippen molar-refractivity contribution < 1.29 is 5.11 Å². The van der Waals surface area contributed by atoms with Gasteiger partial charge in [0.05, 0.1) is 16.0 Å². The summed E-state index contributed by atoms with van der Waals surface area (Å²) in [6, 6.07) is 0. The number of aryl methyl sites for hydroxylation is 1. The topological polar surface area (TPSA) is 20.2 Å². The van der Waals surface area contributed by atoms with E-state index in [0.717, 1.165) is 10.4 Å². The quantitative estimate of drug-likeness (QED) is 0.805. The molecule has 0 spiro atoms. The number of rotatable bonds is 2. The Bertz CT molecular complexity index is 249. The molecule has 1 aromatic heterocycles. The molecule has 0 saturated carbocycles. The zero-order chi connectivity index (χ0) is 8.43. The number of alkyl halides is 1. The monoisotopic (exact) mass is 254 g/mol. The van der Waals surface area contributed by atoms with Crippen molar-refractivity contribution in [2.75, 3.05) is 5.33 Å². The van der Waals surface area contributed by atoms with E-state index in [-0.39, 0.29) is 0 Å². The van der Waals surface area contributed by atoms with Crippen molar-refractivity contribution in [3.63, 3.8) is 0 Å². The van der Waals surface area contributed by atoms with E-state index in [1.54, 1.807) is 0 Å². The fourth-order valence-electron chi connectivity index (χ4n) is 0.745. The van der Waals surface area contributed by atoms with Crippen LogP contribution >= 0.6 is 38.9 Å². The van der Waals surface area contributed by atoms with Gasteiger partial charge in [-0.3, -0.25) is 0 Å². The minimum absolute atomic E-state index is 0.471. The van der Waals surface area contributed by atoms with Crippen LogP contribution in [0.3, 0.4) is 0 Å². The van der Waals surface area contributed by atoms with Gasteiger partial charge in [-0.1, -0.05) is 27.5 Å². The third-order valence-electron chi connectivity index (χ3n) is 1.37. The van der Waals surface area contributed by atoms with E-state index >= 15 is 0 Å². The van der Waals surface area contributed by atoms with Crippen LogP contribution in [0.15, 0.2) is 5.38 Å². The molecule has 0 aliphatic heterocycles. The molecule has 0 fully saturated rings. The SMILES string of the molecule is Cc1csc(C(O)CBr)c1Cl. The maximum absolute atomic E-state index is 9.40. The second kappa shape index (κ2) is 3.90. The van der Waals surface area contributed by atoms with Gasteiger partial charge in [0.25, 0.3) is 0 Å². The number of aliphatic hydroxyl groups is 1. The van der Waals surface area contributed by atoms with Crippen LogP contribution in [0, 0.1) is 6.92 Å². The molecule has 0 amide bonds. The summed E-state index contributed by atoms with van der Waals surface area (Å²) in [5.41, 5.74) is 1.03. The summed E-state index contributed by atoms with van der Waals surface area (Å²) >= 11 is 10.6. The molecule has 11 heavy (non-hydrogen) atoms. The summed E-state index contributed by atoms with van der Waals surface area (Å²) in [7, 11) is 0. The van der Waals surface area contributed by atoms with E-state index in [1.165, 1.54) is 11.3 Å². The Hall–Kier alpha value is 0.430.